The molecule has 7 nitrogen and oxygen atoms in total. The lowest BCUT2D eigenvalue weighted by Gasteiger charge is -2.10. The zero-order valence-corrected chi connectivity index (χ0v) is 18.0. The van der Waals surface area contributed by atoms with E-state index < -0.39 is 11.8 Å². The highest BCUT2D eigenvalue weighted by Gasteiger charge is 2.17. The lowest BCUT2D eigenvalue weighted by molar-refractivity contribution is -0.117. The maximum absolute atomic E-state index is 12.9. The van der Waals surface area contributed by atoms with Gasteiger partial charge in [0.1, 0.15) is 5.70 Å². The number of amides is 2. The molecule has 0 aliphatic carbocycles. The fourth-order valence-electron chi connectivity index (χ4n) is 3.22. The van der Waals surface area contributed by atoms with Gasteiger partial charge in [-0.15, -0.1) is 0 Å². The summed E-state index contributed by atoms with van der Waals surface area (Å²) < 4.78 is 10.7. The number of nitrogens with one attached hydrogen (secondary N) is 2. The molecule has 3 aromatic carbocycles. The molecule has 1 atom stereocenters. The maximum atomic E-state index is 12.9. The molecule has 0 saturated heterocycles. The third-order valence-corrected chi connectivity index (χ3v) is 5.03. The second-order valence-electron chi connectivity index (χ2n) is 7.41. The Balaban J connectivity index is 1.53. The van der Waals surface area contributed by atoms with Crippen LogP contribution in [0.25, 0.3) is 6.08 Å². The summed E-state index contributed by atoms with van der Waals surface area (Å²) in [6, 6.07) is 23.8. The van der Waals surface area contributed by atoms with E-state index >= 15 is 0 Å². The van der Waals surface area contributed by atoms with Crippen LogP contribution in [0, 0.1) is 0 Å². The van der Waals surface area contributed by atoms with Crippen molar-refractivity contribution in [1.82, 2.24) is 10.7 Å². The average Bonchev–Trinajstić information content (AvgIpc) is 3.32. The zero-order valence-electron chi connectivity index (χ0n) is 18.0. The van der Waals surface area contributed by atoms with Crippen LogP contribution >= 0.6 is 0 Å². The zero-order chi connectivity index (χ0) is 23.0. The van der Waals surface area contributed by atoms with Crippen molar-refractivity contribution in [3.8, 4) is 11.5 Å². The van der Waals surface area contributed by atoms with E-state index in [1.54, 1.807) is 54.8 Å². The number of hydrogen-bond acceptors (Lipinski definition) is 5. The van der Waals surface area contributed by atoms with Crippen LogP contribution in [0.15, 0.2) is 89.7 Å². The van der Waals surface area contributed by atoms with Gasteiger partial charge in [-0.2, -0.15) is 5.10 Å². The average molecular weight is 441 g/mol. The lowest BCUT2D eigenvalue weighted by Crippen LogP contribution is -2.32. The van der Waals surface area contributed by atoms with Crippen LogP contribution < -0.4 is 20.2 Å². The number of ether oxygens (including phenoxy) is 2. The highest BCUT2D eigenvalue weighted by Crippen LogP contribution is 2.33. The number of carbonyl (C=O) groups excluding carboxylic acids is 2. The number of hydrogen-bond donors (Lipinski definition) is 2. The van der Waals surface area contributed by atoms with Gasteiger partial charge < -0.3 is 14.8 Å². The Hall–Kier alpha value is -4.39. The predicted octanol–water partition coefficient (Wildman–Crippen LogP) is 4.09. The second-order valence-corrected chi connectivity index (χ2v) is 7.41. The maximum Gasteiger partial charge on any atom is 0.287 e. The Bertz CT molecular complexity index is 1190. The highest BCUT2D eigenvalue weighted by molar-refractivity contribution is 6.05. The number of carbonyl (C=O) groups is 2. The molecule has 33 heavy (non-hydrogen) atoms. The molecule has 3 aromatic rings. The number of rotatable bonds is 7. The van der Waals surface area contributed by atoms with Gasteiger partial charge in [0.05, 0.1) is 0 Å². The molecule has 2 N–H and O–H groups in total. The van der Waals surface area contributed by atoms with Crippen molar-refractivity contribution in [2.24, 2.45) is 5.10 Å². The first-order chi connectivity index (χ1) is 16.1. The molecular weight excluding hydrogens is 418 g/mol. The first-order valence-electron chi connectivity index (χ1n) is 10.5. The van der Waals surface area contributed by atoms with Crippen LogP contribution in [0.3, 0.4) is 0 Å². The Morgan fingerprint density at radius 1 is 0.939 bits per heavy atom. The first-order valence-corrected chi connectivity index (χ1v) is 10.5. The van der Waals surface area contributed by atoms with Crippen LogP contribution in [0.2, 0.25) is 0 Å². The molecule has 0 aromatic heterocycles. The summed E-state index contributed by atoms with van der Waals surface area (Å²) in [7, 11) is 0. The van der Waals surface area contributed by atoms with E-state index in [0.29, 0.717) is 22.6 Å². The van der Waals surface area contributed by atoms with Crippen LogP contribution in [0.5, 0.6) is 11.5 Å². The number of hydrazone groups is 1. The SMILES string of the molecule is C[C@H](/C=N\NC(=O)/C(=C\c1ccc2c(c1)OCO2)NC(=O)c1ccccc1)c1ccccc1. The summed E-state index contributed by atoms with van der Waals surface area (Å²) >= 11 is 0. The highest BCUT2D eigenvalue weighted by atomic mass is 16.7. The van der Waals surface area contributed by atoms with Gasteiger partial charge in [-0.1, -0.05) is 61.5 Å². The van der Waals surface area contributed by atoms with Crippen LogP contribution in [0.4, 0.5) is 0 Å². The molecule has 1 aliphatic heterocycles. The van der Waals surface area contributed by atoms with E-state index in [-0.39, 0.29) is 18.4 Å². The quantitative estimate of drug-likeness (QED) is 0.328. The molecule has 4 rings (SSSR count). The minimum atomic E-state index is -0.548. The van der Waals surface area contributed by atoms with Crippen molar-refractivity contribution in [1.29, 1.82) is 0 Å². The van der Waals surface area contributed by atoms with E-state index in [0.717, 1.165) is 5.56 Å². The van der Waals surface area contributed by atoms with E-state index in [2.05, 4.69) is 15.8 Å². The number of nitrogens with zero attached hydrogens (tertiary/aromatic N) is 1. The topological polar surface area (TPSA) is 89.0 Å². The molecule has 166 valence electrons. The summed E-state index contributed by atoms with van der Waals surface area (Å²) in [5, 5.41) is 6.77. The molecular formula is C26H23N3O4. The molecule has 7 heteroatoms. The van der Waals surface area contributed by atoms with E-state index in [1.807, 2.05) is 43.3 Å². The Kier molecular flexibility index (Phi) is 6.80. The molecule has 0 bridgehead atoms. The van der Waals surface area contributed by atoms with Gasteiger partial charge >= 0.3 is 0 Å². The summed E-state index contributed by atoms with van der Waals surface area (Å²) in [5.41, 5.74) is 4.73. The normalized spacial score (nSPS) is 13.5. The number of fused-ring (bicyclic) bond motifs is 1. The lowest BCUT2D eigenvalue weighted by atomic mass is 10.0. The Morgan fingerprint density at radius 2 is 1.64 bits per heavy atom. The van der Waals surface area contributed by atoms with Gasteiger partial charge in [-0.3, -0.25) is 9.59 Å². The van der Waals surface area contributed by atoms with Gasteiger partial charge in [-0.05, 0) is 41.5 Å². The molecule has 0 saturated carbocycles. The van der Waals surface area contributed by atoms with E-state index in [1.165, 1.54) is 0 Å². The van der Waals surface area contributed by atoms with Crippen molar-refractivity contribution in [2.75, 3.05) is 6.79 Å². The van der Waals surface area contributed by atoms with Gasteiger partial charge in [0.2, 0.25) is 6.79 Å². The van der Waals surface area contributed by atoms with Gasteiger partial charge in [-0.25, -0.2) is 5.43 Å². The van der Waals surface area contributed by atoms with Crippen LogP contribution in [0.1, 0.15) is 34.3 Å². The van der Waals surface area contributed by atoms with Crippen LogP contribution in [-0.2, 0) is 4.79 Å². The first kappa shape index (κ1) is 21.8. The predicted molar refractivity (Wildman–Crippen MR) is 126 cm³/mol. The number of benzene rings is 3. The van der Waals surface area contributed by atoms with Gasteiger partial charge in [0, 0.05) is 17.7 Å². The smallest absolute Gasteiger partial charge is 0.287 e. The van der Waals surface area contributed by atoms with Gasteiger partial charge in [0.25, 0.3) is 11.8 Å². The third kappa shape index (κ3) is 5.65. The molecule has 0 unspecified atom stereocenters. The molecule has 1 aliphatic rings. The third-order valence-electron chi connectivity index (χ3n) is 5.03. The Morgan fingerprint density at radius 3 is 2.39 bits per heavy atom. The molecule has 1 heterocycles. The monoisotopic (exact) mass is 441 g/mol. The van der Waals surface area contributed by atoms with Crippen molar-refractivity contribution in [2.45, 2.75) is 12.8 Å². The largest absolute Gasteiger partial charge is 0.454 e. The Labute approximate surface area is 191 Å². The fourth-order valence-corrected chi connectivity index (χ4v) is 3.22. The van der Waals surface area contributed by atoms with Crippen molar-refractivity contribution < 1.29 is 19.1 Å². The summed E-state index contributed by atoms with van der Waals surface area (Å²) in [4.78, 5) is 25.6. The standard InChI is InChI=1S/C26H23N3O4/c1-18(20-8-4-2-5-9-20)16-27-29-26(31)22(28-25(30)21-10-6-3-7-11-21)14-19-12-13-23-24(15-19)33-17-32-23/h2-16,18H,17H2,1H3,(H,28,30)(H,29,31)/b22-14+,27-16-/t18-/m1/s1. The molecule has 0 spiro atoms. The van der Waals surface area contributed by atoms with Gasteiger partial charge in [0.15, 0.2) is 11.5 Å². The van der Waals surface area contributed by atoms with Crippen molar-refractivity contribution in [3.05, 3.63) is 101 Å². The minimum Gasteiger partial charge on any atom is -0.454 e. The molecule has 0 fully saturated rings. The minimum absolute atomic E-state index is 0.00620. The second kappa shape index (κ2) is 10.3. The summed E-state index contributed by atoms with van der Waals surface area (Å²) in [6.07, 6.45) is 3.21. The van der Waals surface area contributed by atoms with E-state index in [4.69, 9.17) is 9.47 Å². The van der Waals surface area contributed by atoms with Crippen molar-refractivity contribution in [3.63, 3.8) is 0 Å². The summed E-state index contributed by atoms with van der Waals surface area (Å²) in [6.45, 7) is 2.13. The fraction of sp³-hybridized carbons (Fsp3) is 0.115. The van der Waals surface area contributed by atoms with E-state index in [9.17, 15) is 9.59 Å². The summed E-state index contributed by atoms with van der Waals surface area (Å²) in [5.74, 6) is 0.262. The molecule has 0 radical (unpaired) electrons. The molecule has 2 amide bonds. The van der Waals surface area contributed by atoms with Crippen LogP contribution in [-0.4, -0.2) is 24.8 Å². The van der Waals surface area contributed by atoms with Crippen molar-refractivity contribution >= 4 is 24.1 Å².